The standard InChI is InChI=1S/C9H15N5O/c15-9(7-1-3-10-5-7)11-4-2-8-12-6-13-14-8/h6-7,10H,1-5H2,(H,11,15)(H,12,13,14). The predicted octanol–water partition coefficient (Wildman–Crippen LogP) is -0.927. The molecule has 0 spiro atoms. The molecule has 1 atom stereocenters. The molecule has 82 valence electrons. The summed E-state index contributed by atoms with van der Waals surface area (Å²) in [6.07, 6.45) is 3.11. The number of hydrogen-bond donors (Lipinski definition) is 3. The lowest BCUT2D eigenvalue weighted by Crippen LogP contribution is -2.33. The first kappa shape index (κ1) is 10.1. The van der Waals surface area contributed by atoms with Crippen molar-refractivity contribution >= 4 is 5.91 Å². The van der Waals surface area contributed by atoms with Crippen molar-refractivity contribution in [1.29, 1.82) is 0 Å². The van der Waals surface area contributed by atoms with Crippen LogP contribution in [0.3, 0.4) is 0 Å². The summed E-state index contributed by atoms with van der Waals surface area (Å²) < 4.78 is 0. The number of aromatic nitrogens is 3. The average molecular weight is 209 g/mol. The average Bonchev–Trinajstić information content (AvgIpc) is 2.90. The van der Waals surface area contributed by atoms with Crippen LogP contribution in [-0.2, 0) is 11.2 Å². The van der Waals surface area contributed by atoms with Crippen LogP contribution in [0.15, 0.2) is 6.33 Å². The number of carbonyl (C=O) groups is 1. The molecule has 6 heteroatoms. The number of H-pyrrole nitrogens is 1. The van der Waals surface area contributed by atoms with Gasteiger partial charge in [0.05, 0.1) is 5.92 Å². The minimum atomic E-state index is 0.138. The van der Waals surface area contributed by atoms with Gasteiger partial charge in [0.2, 0.25) is 5.91 Å². The van der Waals surface area contributed by atoms with Crippen LogP contribution >= 0.6 is 0 Å². The molecule has 1 aliphatic heterocycles. The lowest BCUT2D eigenvalue weighted by molar-refractivity contribution is -0.124. The Kier molecular flexibility index (Phi) is 3.29. The van der Waals surface area contributed by atoms with E-state index in [2.05, 4.69) is 25.8 Å². The zero-order valence-electron chi connectivity index (χ0n) is 8.49. The first-order valence-corrected chi connectivity index (χ1v) is 5.19. The molecule has 1 aromatic heterocycles. The molecule has 1 unspecified atom stereocenters. The number of amides is 1. The van der Waals surface area contributed by atoms with E-state index in [4.69, 9.17) is 0 Å². The number of nitrogens with zero attached hydrogens (tertiary/aromatic N) is 2. The summed E-state index contributed by atoms with van der Waals surface area (Å²) in [6.45, 7) is 2.36. The Morgan fingerprint density at radius 1 is 1.67 bits per heavy atom. The van der Waals surface area contributed by atoms with Crippen molar-refractivity contribution in [2.75, 3.05) is 19.6 Å². The summed E-state index contributed by atoms with van der Waals surface area (Å²) in [5.74, 6) is 1.08. The van der Waals surface area contributed by atoms with Crippen LogP contribution in [0.4, 0.5) is 0 Å². The second-order valence-corrected chi connectivity index (χ2v) is 3.66. The fourth-order valence-corrected chi connectivity index (χ4v) is 1.68. The fraction of sp³-hybridized carbons (Fsp3) is 0.667. The highest BCUT2D eigenvalue weighted by atomic mass is 16.1. The molecule has 1 aliphatic rings. The number of nitrogens with one attached hydrogen (secondary N) is 3. The number of hydrogen-bond acceptors (Lipinski definition) is 4. The minimum Gasteiger partial charge on any atom is -0.355 e. The molecule has 1 saturated heterocycles. The molecular weight excluding hydrogens is 194 g/mol. The largest absolute Gasteiger partial charge is 0.355 e. The third kappa shape index (κ3) is 2.76. The molecule has 2 rings (SSSR count). The highest BCUT2D eigenvalue weighted by Gasteiger charge is 2.21. The Morgan fingerprint density at radius 2 is 2.60 bits per heavy atom. The molecule has 0 aromatic carbocycles. The van der Waals surface area contributed by atoms with E-state index in [-0.39, 0.29) is 11.8 Å². The van der Waals surface area contributed by atoms with Crippen molar-refractivity contribution in [2.45, 2.75) is 12.8 Å². The molecule has 1 amide bonds. The first-order chi connectivity index (χ1) is 7.36. The summed E-state index contributed by atoms with van der Waals surface area (Å²) >= 11 is 0. The summed E-state index contributed by atoms with van der Waals surface area (Å²) in [7, 11) is 0. The Morgan fingerprint density at radius 3 is 3.27 bits per heavy atom. The second kappa shape index (κ2) is 4.88. The summed E-state index contributed by atoms with van der Waals surface area (Å²) in [6, 6.07) is 0. The van der Waals surface area contributed by atoms with E-state index in [9.17, 15) is 4.79 Å². The maximum absolute atomic E-state index is 11.6. The van der Waals surface area contributed by atoms with Gasteiger partial charge in [0.1, 0.15) is 12.2 Å². The lowest BCUT2D eigenvalue weighted by atomic mass is 10.1. The van der Waals surface area contributed by atoms with Crippen LogP contribution in [0.1, 0.15) is 12.2 Å². The lowest BCUT2D eigenvalue weighted by Gasteiger charge is -2.08. The van der Waals surface area contributed by atoms with E-state index in [1.165, 1.54) is 6.33 Å². The van der Waals surface area contributed by atoms with Gasteiger partial charge in [-0.15, -0.1) is 0 Å². The SMILES string of the molecule is O=C(NCCc1ncn[nH]1)C1CCNC1. The number of rotatable bonds is 4. The van der Waals surface area contributed by atoms with Crippen molar-refractivity contribution in [3.05, 3.63) is 12.2 Å². The zero-order chi connectivity index (χ0) is 10.5. The molecule has 0 radical (unpaired) electrons. The number of carbonyl (C=O) groups excluding carboxylic acids is 1. The van der Waals surface area contributed by atoms with Gasteiger partial charge in [0.25, 0.3) is 0 Å². The van der Waals surface area contributed by atoms with Gasteiger partial charge < -0.3 is 10.6 Å². The molecule has 0 bridgehead atoms. The first-order valence-electron chi connectivity index (χ1n) is 5.19. The smallest absolute Gasteiger partial charge is 0.224 e. The van der Waals surface area contributed by atoms with E-state index in [0.29, 0.717) is 13.0 Å². The molecule has 2 heterocycles. The van der Waals surface area contributed by atoms with Crippen molar-refractivity contribution in [3.63, 3.8) is 0 Å². The van der Waals surface area contributed by atoms with Crippen LogP contribution < -0.4 is 10.6 Å². The Balaban J connectivity index is 1.67. The monoisotopic (exact) mass is 209 g/mol. The Bertz CT molecular complexity index is 304. The van der Waals surface area contributed by atoms with Gasteiger partial charge in [-0.3, -0.25) is 9.89 Å². The van der Waals surface area contributed by atoms with Crippen LogP contribution in [0.25, 0.3) is 0 Å². The third-order valence-corrected chi connectivity index (χ3v) is 2.56. The molecule has 1 aromatic rings. The zero-order valence-corrected chi connectivity index (χ0v) is 8.49. The minimum absolute atomic E-state index is 0.138. The highest BCUT2D eigenvalue weighted by Crippen LogP contribution is 2.06. The van der Waals surface area contributed by atoms with Crippen molar-refractivity contribution in [2.24, 2.45) is 5.92 Å². The highest BCUT2D eigenvalue weighted by molar-refractivity contribution is 5.79. The third-order valence-electron chi connectivity index (χ3n) is 2.56. The van der Waals surface area contributed by atoms with Gasteiger partial charge in [-0.05, 0) is 13.0 Å². The van der Waals surface area contributed by atoms with Gasteiger partial charge in [-0.25, -0.2) is 4.98 Å². The molecule has 15 heavy (non-hydrogen) atoms. The van der Waals surface area contributed by atoms with Gasteiger partial charge in [-0.2, -0.15) is 5.10 Å². The normalized spacial score (nSPS) is 20.4. The van der Waals surface area contributed by atoms with Crippen LogP contribution in [-0.4, -0.2) is 40.7 Å². The molecular formula is C9H15N5O. The van der Waals surface area contributed by atoms with Gasteiger partial charge in [-0.1, -0.05) is 0 Å². The van der Waals surface area contributed by atoms with E-state index in [1.54, 1.807) is 0 Å². The van der Waals surface area contributed by atoms with Crippen LogP contribution in [0, 0.1) is 5.92 Å². The Hall–Kier alpha value is -1.43. The Labute approximate surface area is 87.9 Å². The van der Waals surface area contributed by atoms with E-state index < -0.39 is 0 Å². The summed E-state index contributed by atoms with van der Waals surface area (Å²) in [5, 5.41) is 12.6. The van der Waals surface area contributed by atoms with Crippen LogP contribution in [0.2, 0.25) is 0 Å². The quantitative estimate of drug-likeness (QED) is 0.598. The predicted molar refractivity (Wildman–Crippen MR) is 54.1 cm³/mol. The number of aromatic amines is 1. The van der Waals surface area contributed by atoms with Gasteiger partial charge in [0.15, 0.2) is 0 Å². The van der Waals surface area contributed by atoms with Crippen molar-refractivity contribution < 1.29 is 4.79 Å². The summed E-state index contributed by atoms with van der Waals surface area (Å²) in [4.78, 5) is 15.6. The second-order valence-electron chi connectivity index (χ2n) is 3.66. The molecule has 0 saturated carbocycles. The van der Waals surface area contributed by atoms with E-state index in [1.807, 2.05) is 0 Å². The fourth-order valence-electron chi connectivity index (χ4n) is 1.68. The van der Waals surface area contributed by atoms with E-state index >= 15 is 0 Å². The maximum Gasteiger partial charge on any atom is 0.224 e. The van der Waals surface area contributed by atoms with Gasteiger partial charge >= 0.3 is 0 Å². The topological polar surface area (TPSA) is 82.7 Å². The van der Waals surface area contributed by atoms with Crippen LogP contribution in [0.5, 0.6) is 0 Å². The maximum atomic E-state index is 11.6. The molecule has 6 nitrogen and oxygen atoms in total. The van der Waals surface area contributed by atoms with Gasteiger partial charge in [0, 0.05) is 19.5 Å². The molecule has 1 fully saturated rings. The molecule has 0 aliphatic carbocycles. The summed E-state index contributed by atoms with van der Waals surface area (Å²) in [5.41, 5.74) is 0. The molecule has 3 N–H and O–H groups in total. The van der Waals surface area contributed by atoms with Crippen molar-refractivity contribution in [1.82, 2.24) is 25.8 Å². The van der Waals surface area contributed by atoms with E-state index in [0.717, 1.165) is 25.3 Å². The van der Waals surface area contributed by atoms with Crippen molar-refractivity contribution in [3.8, 4) is 0 Å².